The Labute approximate surface area is 168 Å². The van der Waals surface area contributed by atoms with Gasteiger partial charge in [0, 0.05) is 12.4 Å². The van der Waals surface area contributed by atoms with Crippen LogP contribution in [0.25, 0.3) is 0 Å². The average molecular weight is 385 g/mol. The molecule has 144 valence electrons. The maximum atomic E-state index is 13.4. The average Bonchev–Trinajstić information content (AvgIpc) is 3.27. The van der Waals surface area contributed by atoms with E-state index in [1.807, 2.05) is 61.5 Å². The van der Waals surface area contributed by atoms with Crippen molar-refractivity contribution < 1.29 is 14.4 Å². The summed E-state index contributed by atoms with van der Waals surface area (Å²) in [7, 11) is 0. The Morgan fingerprint density at radius 3 is 2.31 bits per heavy atom. The first-order chi connectivity index (χ1) is 14.1. The molecule has 3 aromatic rings. The number of hydroxylamine groups is 1. The largest absolute Gasteiger partial charge is 0.273 e. The minimum absolute atomic E-state index is 0.254. The lowest BCUT2D eigenvalue weighted by atomic mass is 9.91. The van der Waals surface area contributed by atoms with Gasteiger partial charge in [0.15, 0.2) is 6.10 Å². The topological polar surface area (TPSA) is 62.7 Å². The van der Waals surface area contributed by atoms with Crippen molar-refractivity contribution in [3.8, 4) is 0 Å². The number of fused-ring (bicyclic) bond motifs is 1. The molecule has 2 fully saturated rings. The molecule has 2 aromatic carbocycles. The molecule has 0 spiro atoms. The van der Waals surface area contributed by atoms with Gasteiger partial charge >= 0.3 is 0 Å². The van der Waals surface area contributed by atoms with Crippen LogP contribution in [0, 0.1) is 12.8 Å². The van der Waals surface area contributed by atoms with Crippen LogP contribution in [0.15, 0.2) is 79.1 Å². The van der Waals surface area contributed by atoms with Crippen LogP contribution >= 0.6 is 0 Å². The number of aryl methyl sites for hydroxylation is 1. The first-order valence-electron chi connectivity index (χ1n) is 9.50. The quantitative estimate of drug-likeness (QED) is 0.647. The SMILES string of the molecule is Cc1ccc(N2C(=O)[C@H]3[C@H](ON(c4ccccc4)[C@@H]3c3cccnc3)C2=O)cc1. The summed E-state index contributed by atoms with van der Waals surface area (Å²) in [6.07, 6.45) is 2.54. The van der Waals surface area contributed by atoms with Gasteiger partial charge in [0.05, 0.1) is 17.4 Å². The highest BCUT2D eigenvalue weighted by molar-refractivity contribution is 6.23. The van der Waals surface area contributed by atoms with Crippen LogP contribution < -0.4 is 9.96 Å². The summed E-state index contributed by atoms with van der Waals surface area (Å²) in [5, 5.41) is 1.68. The molecule has 2 amide bonds. The third kappa shape index (κ3) is 2.80. The van der Waals surface area contributed by atoms with Gasteiger partial charge in [-0.25, -0.2) is 9.96 Å². The molecule has 0 N–H and O–H groups in total. The maximum Gasteiger partial charge on any atom is 0.266 e. The van der Waals surface area contributed by atoms with Gasteiger partial charge < -0.3 is 0 Å². The first-order valence-corrected chi connectivity index (χ1v) is 9.50. The predicted octanol–water partition coefficient (Wildman–Crippen LogP) is 3.44. The van der Waals surface area contributed by atoms with Gasteiger partial charge in [0.1, 0.15) is 5.92 Å². The van der Waals surface area contributed by atoms with Crippen LogP contribution in [0.2, 0.25) is 0 Å². The van der Waals surface area contributed by atoms with E-state index in [2.05, 4.69) is 4.98 Å². The van der Waals surface area contributed by atoms with Crippen molar-refractivity contribution in [1.29, 1.82) is 0 Å². The van der Waals surface area contributed by atoms with E-state index in [1.165, 1.54) is 4.90 Å². The number of imide groups is 1. The number of para-hydroxylation sites is 1. The number of benzene rings is 2. The van der Waals surface area contributed by atoms with Gasteiger partial charge in [0.25, 0.3) is 5.91 Å². The monoisotopic (exact) mass is 385 g/mol. The zero-order valence-corrected chi connectivity index (χ0v) is 15.8. The first kappa shape index (κ1) is 17.6. The van der Waals surface area contributed by atoms with Crippen LogP contribution in [0.1, 0.15) is 17.2 Å². The molecular formula is C23H19N3O3. The molecule has 6 nitrogen and oxygen atoms in total. The number of aromatic nitrogens is 1. The minimum atomic E-state index is -0.866. The van der Waals surface area contributed by atoms with E-state index in [0.717, 1.165) is 16.8 Å². The summed E-state index contributed by atoms with van der Waals surface area (Å²) in [4.78, 5) is 38.1. The fourth-order valence-corrected chi connectivity index (χ4v) is 4.05. The number of pyridine rings is 1. The molecule has 0 aliphatic carbocycles. The molecule has 2 aliphatic heterocycles. The van der Waals surface area contributed by atoms with Crippen molar-refractivity contribution in [1.82, 2.24) is 4.98 Å². The standard InChI is InChI=1S/C23H19N3O3/c1-15-9-11-17(12-10-15)25-22(27)19-20(16-6-5-13-24-14-16)26(29-21(19)23(25)28)18-7-3-2-4-8-18/h2-14,19-21H,1H3/t19-,20-,21+/m1/s1. The molecule has 3 heterocycles. The zero-order valence-electron chi connectivity index (χ0n) is 15.8. The molecule has 0 saturated carbocycles. The normalized spacial score (nSPS) is 23.6. The number of amides is 2. The third-order valence-electron chi connectivity index (χ3n) is 5.44. The van der Waals surface area contributed by atoms with Gasteiger partial charge in [-0.1, -0.05) is 42.0 Å². The molecule has 3 atom stereocenters. The minimum Gasteiger partial charge on any atom is -0.273 e. The van der Waals surface area contributed by atoms with Gasteiger partial charge in [-0.2, -0.15) is 0 Å². The predicted molar refractivity (Wildman–Crippen MR) is 108 cm³/mol. The lowest BCUT2D eigenvalue weighted by molar-refractivity contribution is -0.126. The summed E-state index contributed by atoms with van der Waals surface area (Å²) in [5.74, 6) is -1.24. The van der Waals surface area contributed by atoms with Gasteiger partial charge in [-0.3, -0.25) is 19.4 Å². The maximum absolute atomic E-state index is 13.4. The van der Waals surface area contributed by atoms with Crippen molar-refractivity contribution in [3.05, 3.63) is 90.3 Å². The number of rotatable bonds is 3. The van der Waals surface area contributed by atoms with E-state index >= 15 is 0 Å². The van der Waals surface area contributed by atoms with Crippen LogP contribution in [0.5, 0.6) is 0 Å². The van der Waals surface area contributed by atoms with Gasteiger partial charge in [0.2, 0.25) is 5.91 Å². The van der Waals surface area contributed by atoms with Crippen molar-refractivity contribution in [3.63, 3.8) is 0 Å². The second kappa shape index (κ2) is 6.83. The molecule has 0 bridgehead atoms. The second-order valence-corrected chi connectivity index (χ2v) is 7.29. The van der Waals surface area contributed by atoms with Crippen LogP contribution in [0.4, 0.5) is 11.4 Å². The Bertz CT molecular complexity index is 1050. The summed E-state index contributed by atoms with van der Waals surface area (Å²) in [5.41, 5.74) is 3.25. The number of carbonyl (C=O) groups excluding carboxylic acids is 2. The molecule has 2 aliphatic rings. The Morgan fingerprint density at radius 1 is 0.862 bits per heavy atom. The van der Waals surface area contributed by atoms with Crippen LogP contribution in [0.3, 0.4) is 0 Å². The van der Waals surface area contributed by atoms with Gasteiger partial charge in [-0.15, -0.1) is 0 Å². The molecule has 0 radical (unpaired) electrons. The fourth-order valence-electron chi connectivity index (χ4n) is 4.05. The van der Waals surface area contributed by atoms with E-state index in [9.17, 15) is 9.59 Å². The van der Waals surface area contributed by atoms with E-state index < -0.39 is 18.1 Å². The summed E-state index contributed by atoms with van der Waals surface area (Å²) < 4.78 is 0. The zero-order chi connectivity index (χ0) is 20.0. The molecule has 0 unspecified atom stereocenters. The van der Waals surface area contributed by atoms with Crippen molar-refractivity contribution in [2.24, 2.45) is 5.92 Å². The smallest absolute Gasteiger partial charge is 0.266 e. The highest BCUT2D eigenvalue weighted by atomic mass is 16.7. The second-order valence-electron chi connectivity index (χ2n) is 7.29. The van der Waals surface area contributed by atoms with E-state index in [0.29, 0.717) is 5.69 Å². The Kier molecular flexibility index (Phi) is 4.14. The molecule has 1 aromatic heterocycles. The number of hydrogen-bond donors (Lipinski definition) is 0. The Balaban J connectivity index is 1.58. The number of anilines is 2. The van der Waals surface area contributed by atoms with Crippen molar-refractivity contribution in [2.45, 2.75) is 19.1 Å². The molecule has 6 heteroatoms. The number of hydrogen-bond acceptors (Lipinski definition) is 5. The Hall–Kier alpha value is -3.51. The van der Waals surface area contributed by atoms with Crippen molar-refractivity contribution >= 4 is 23.2 Å². The van der Waals surface area contributed by atoms with Crippen LogP contribution in [-0.2, 0) is 14.4 Å². The fraction of sp³-hybridized carbons (Fsp3) is 0.174. The molecular weight excluding hydrogens is 366 g/mol. The number of carbonyl (C=O) groups is 2. The van der Waals surface area contributed by atoms with E-state index in [1.54, 1.807) is 29.6 Å². The van der Waals surface area contributed by atoms with E-state index in [4.69, 9.17) is 4.84 Å². The van der Waals surface area contributed by atoms with E-state index in [-0.39, 0.29) is 11.8 Å². The third-order valence-corrected chi connectivity index (χ3v) is 5.44. The summed E-state index contributed by atoms with van der Waals surface area (Å²) in [6, 6.07) is 20.2. The van der Waals surface area contributed by atoms with Crippen LogP contribution in [-0.4, -0.2) is 22.9 Å². The molecule has 5 rings (SSSR count). The Morgan fingerprint density at radius 2 is 1.62 bits per heavy atom. The molecule has 2 saturated heterocycles. The highest BCUT2D eigenvalue weighted by Gasteiger charge is 2.60. The lowest BCUT2D eigenvalue weighted by Crippen LogP contribution is -2.37. The summed E-state index contributed by atoms with van der Waals surface area (Å²) >= 11 is 0. The van der Waals surface area contributed by atoms with Crippen molar-refractivity contribution in [2.75, 3.05) is 9.96 Å². The van der Waals surface area contributed by atoms with Gasteiger partial charge in [-0.05, 0) is 42.8 Å². The lowest BCUT2D eigenvalue weighted by Gasteiger charge is -2.28. The highest BCUT2D eigenvalue weighted by Crippen LogP contribution is 2.47. The summed E-state index contributed by atoms with van der Waals surface area (Å²) in [6.45, 7) is 1.96. The molecule has 29 heavy (non-hydrogen) atoms. The number of nitrogens with zero attached hydrogens (tertiary/aromatic N) is 3.